The van der Waals surface area contributed by atoms with Gasteiger partial charge in [-0.3, -0.25) is 4.98 Å². The van der Waals surface area contributed by atoms with E-state index < -0.39 is 25.1 Å². The van der Waals surface area contributed by atoms with Crippen LogP contribution in [-0.2, 0) is 19.9 Å². The zero-order chi connectivity index (χ0) is 18.0. The number of benzene rings is 1. The van der Waals surface area contributed by atoms with Crippen molar-refractivity contribution >= 4 is 19.9 Å². The second kappa shape index (κ2) is 7.00. The first-order chi connectivity index (χ1) is 11.1. The van der Waals surface area contributed by atoms with Gasteiger partial charge in [-0.15, -0.1) is 0 Å². The first-order valence-electron chi connectivity index (χ1n) is 7.27. The van der Waals surface area contributed by atoms with Crippen LogP contribution in [0.3, 0.4) is 0 Å². The molecule has 130 valence electrons. The molecule has 0 aliphatic rings. The number of aromatic nitrogens is 1. The van der Waals surface area contributed by atoms with Gasteiger partial charge in [-0.2, -0.15) is 0 Å². The topological polar surface area (TPSA) is 93.2 Å². The molecule has 1 aromatic carbocycles. The van der Waals surface area contributed by atoms with E-state index in [4.69, 9.17) is 0 Å². The number of hydrogen-bond acceptors (Lipinski definition) is 5. The number of nitrogens with zero attached hydrogens (tertiary/aromatic N) is 1. The van der Waals surface area contributed by atoms with Crippen LogP contribution in [0, 0.1) is 13.8 Å². The van der Waals surface area contributed by atoms with Crippen LogP contribution in [0.5, 0.6) is 0 Å². The van der Waals surface area contributed by atoms with E-state index in [1.807, 2.05) is 13.0 Å². The first kappa shape index (κ1) is 18.6. The Labute approximate surface area is 142 Å². The molecule has 0 saturated heterocycles. The summed E-state index contributed by atoms with van der Waals surface area (Å²) in [5.74, 6) is 0. The van der Waals surface area contributed by atoms with E-state index in [0.29, 0.717) is 11.1 Å². The van der Waals surface area contributed by atoms with Crippen molar-refractivity contribution in [3.8, 4) is 0 Å². The maximum atomic E-state index is 13.2. The summed E-state index contributed by atoms with van der Waals surface area (Å²) in [5.41, 5.74) is 1.88. The van der Waals surface area contributed by atoms with Crippen LogP contribution in [0.4, 0.5) is 0 Å². The van der Waals surface area contributed by atoms with E-state index >= 15 is 0 Å². The number of nitrogens with one attached hydrogen (secondary N) is 1. The summed E-state index contributed by atoms with van der Waals surface area (Å²) < 4.78 is 51.5. The van der Waals surface area contributed by atoms with Crippen molar-refractivity contribution in [3.05, 3.63) is 59.4 Å². The zero-order valence-electron chi connectivity index (χ0n) is 13.7. The zero-order valence-corrected chi connectivity index (χ0v) is 15.4. The fraction of sp³-hybridized carbons (Fsp3) is 0.312. The van der Waals surface area contributed by atoms with Gasteiger partial charge in [-0.25, -0.2) is 21.6 Å². The molecule has 2 rings (SSSR count). The SMILES string of the molecule is Cc1ccc(C)c(S(=O)(=O)[C@H](CNS(C)(=O)=O)c2cccnc2)c1. The lowest BCUT2D eigenvalue weighted by Crippen LogP contribution is -2.31. The van der Waals surface area contributed by atoms with Gasteiger partial charge in [0.1, 0.15) is 5.25 Å². The van der Waals surface area contributed by atoms with Crippen LogP contribution in [0.2, 0.25) is 0 Å². The molecule has 0 unspecified atom stereocenters. The van der Waals surface area contributed by atoms with Crippen LogP contribution in [0.15, 0.2) is 47.6 Å². The Kier molecular flexibility index (Phi) is 5.42. The van der Waals surface area contributed by atoms with Gasteiger partial charge in [0.25, 0.3) is 0 Å². The summed E-state index contributed by atoms with van der Waals surface area (Å²) in [6, 6.07) is 8.44. The Balaban J connectivity index is 2.55. The molecule has 1 N–H and O–H groups in total. The van der Waals surface area contributed by atoms with E-state index in [1.165, 1.54) is 12.4 Å². The van der Waals surface area contributed by atoms with Gasteiger partial charge in [0, 0.05) is 18.9 Å². The van der Waals surface area contributed by atoms with E-state index in [0.717, 1.165) is 11.8 Å². The molecule has 2 aromatic rings. The molecule has 8 heteroatoms. The van der Waals surface area contributed by atoms with Gasteiger partial charge < -0.3 is 0 Å². The van der Waals surface area contributed by atoms with Crippen molar-refractivity contribution in [2.45, 2.75) is 24.0 Å². The van der Waals surface area contributed by atoms with E-state index in [-0.39, 0.29) is 11.4 Å². The second-order valence-corrected chi connectivity index (χ2v) is 9.64. The van der Waals surface area contributed by atoms with Crippen molar-refractivity contribution in [2.75, 3.05) is 12.8 Å². The average Bonchev–Trinajstić information content (AvgIpc) is 2.49. The Morgan fingerprint density at radius 1 is 1.12 bits per heavy atom. The normalized spacial score (nSPS) is 13.6. The first-order valence-corrected chi connectivity index (χ1v) is 10.7. The third-order valence-corrected chi connectivity index (χ3v) is 6.54. The van der Waals surface area contributed by atoms with Gasteiger partial charge in [-0.05, 0) is 42.7 Å². The van der Waals surface area contributed by atoms with Gasteiger partial charge in [0.15, 0.2) is 9.84 Å². The molecule has 0 fully saturated rings. The maximum Gasteiger partial charge on any atom is 0.208 e. The van der Waals surface area contributed by atoms with Crippen LogP contribution in [0.1, 0.15) is 21.9 Å². The predicted octanol–water partition coefficient (Wildman–Crippen LogP) is 1.76. The van der Waals surface area contributed by atoms with Crippen molar-refractivity contribution in [2.24, 2.45) is 0 Å². The van der Waals surface area contributed by atoms with E-state index in [9.17, 15) is 16.8 Å². The highest BCUT2D eigenvalue weighted by Gasteiger charge is 2.31. The number of hydrogen-bond donors (Lipinski definition) is 1. The minimum atomic E-state index is -3.80. The van der Waals surface area contributed by atoms with Gasteiger partial charge >= 0.3 is 0 Å². The van der Waals surface area contributed by atoms with Gasteiger partial charge in [-0.1, -0.05) is 18.2 Å². The second-order valence-electron chi connectivity index (χ2n) is 5.71. The summed E-state index contributed by atoms with van der Waals surface area (Å²) in [6.45, 7) is 3.28. The molecule has 0 spiro atoms. The van der Waals surface area contributed by atoms with Crippen molar-refractivity contribution in [3.63, 3.8) is 0 Å². The Morgan fingerprint density at radius 3 is 2.42 bits per heavy atom. The molecule has 0 amide bonds. The lowest BCUT2D eigenvalue weighted by Gasteiger charge is -2.19. The monoisotopic (exact) mass is 368 g/mol. The van der Waals surface area contributed by atoms with Crippen LogP contribution in [-0.4, -0.2) is 34.6 Å². The molecule has 1 aromatic heterocycles. The Bertz CT molecular complexity index is 924. The quantitative estimate of drug-likeness (QED) is 0.839. The van der Waals surface area contributed by atoms with E-state index in [2.05, 4.69) is 9.71 Å². The fourth-order valence-electron chi connectivity index (χ4n) is 2.37. The molecule has 1 atom stereocenters. The molecule has 0 bridgehead atoms. The third-order valence-electron chi connectivity index (χ3n) is 3.61. The van der Waals surface area contributed by atoms with E-state index in [1.54, 1.807) is 31.2 Å². The van der Waals surface area contributed by atoms with Crippen molar-refractivity contribution in [1.29, 1.82) is 0 Å². The molecule has 1 heterocycles. The maximum absolute atomic E-state index is 13.2. The molecule has 24 heavy (non-hydrogen) atoms. The van der Waals surface area contributed by atoms with Crippen LogP contribution < -0.4 is 4.72 Å². The molecule has 0 aliphatic heterocycles. The molecule has 6 nitrogen and oxygen atoms in total. The largest absolute Gasteiger partial charge is 0.264 e. The minimum absolute atomic E-state index is 0.201. The smallest absolute Gasteiger partial charge is 0.208 e. The van der Waals surface area contributed by atoms with Crippen molar-refractivity contribution in [1.82, 2.24) is 9.71 Å². The van der Waals surface area contributed by atoms with Crippen LogP contribution in [0.25, 0.3) is 0 Å². The predicted molar refractivity (Wildman–Crippen MR) is 92.9 cm³/mol. The highest BCUT2D eigenvalue weighted by atomic mass is 32.2. The standard InChI is InChI=1S/C16H20N2O4S2/c1-12-6-7-13(2)15(9-12)24(21,22)16(11-18-23(3,19)20)14-5-4-8-17-10-14/h4-10,16,18H,11H2,1-3H3/t16-/m1/s1. The fourth-order valence-corrected chi connectivity index (χ4v) is 4.92. The molecule has 0 radical (unpaired) electrons. The number of sulfonamides is 1. The number of aryl methyl sites for hydroxylation is 2. The van der Waals surface area contributed by atoms with Gasteiger partial charge in [0.05, 0.1) is 11.2 Å². The summed E-state index contributed by atoms with van der Waals surface area (Å²) in [4.78, 5) is 4.16. The minimum Gasteiger partial charge on any atom is -0.264 e. The molecule has 0 saturated carbocycles. The lowest BCUT2D eigenvalue weighted by atomic mass is 10.2. The van der Waals surface area contributed by atoms with Crippen LogP contribution >= 0.6 is 0 Å². The number of sulfone groups is 1. The van der Waals surface area contributed by atoms with Gasteiger partial charge in [0.2, 0.25) is 10.0 Å². The van der Waals surface area contributed by atoms with Crippen molar-refractivity contribution < 1.29 is 16.8 Å². The summed E-state index contributed by atoms with van der Waals surface area (Å²) >= 11 is 0. The highest BCUT2D eigenvalue weighted by molar-refractivity contribution is 7.92. The Hall–Kier alpha value is -1.77. The third kappa shape index (κ3) is 4.40. The summed E-state index contributed by atoms with van der Waals surface area (Å²) in [6.07, 6.45) is 3.98. The number of pyridine rings is 1. The summed E-state index contributed by atoms with van der Waals surface area (Å²) in [7, 11) is -7.32. The highest BCUT2D eigenvalue weighted by Crippen LogP contribution is 2.30. The molecular formula is C16H20N2O4S2. The molecule has 0 aliphatic carbocycles. The number of rotatable bonds is 6. The Morgan fingerprint density at radius 2 is 1.83 bits per heavy atom. The summed E-state index contributed by atoms with van der Waals surface area (Å²) in [5, 5.41) is -1.05. The average molecular weight is 368 g/mol. The molecular weight excluding hydrogens is 348 g/mol. The lowest BCUT2D eigenvalue weighted by molar-refractivity contribution is 0.571.